The molecule has 0 unspecified atom stereocenters. The average Bonchev–Trinajstić information content (AvgIpc) is 3.16. The first-order chi connectivity index (χ1) is 15.8. The van der Waals surface area contributed by atoms with Gasteiger partial charge in [0.15, 0.2) is 11.0 Å². The minimum Gasteiger partial charge on any atom is -0.342 e. The zero-order valence-corrected chi connectivity index (χ0v) is 20.6. The number of nitrogens with one attached hydrogen (secondary N) is 2. The number of anilines is 1. The third-order valence-electron chi connectivity index (χ3n) is 5.36. The van der Waals surface area contributed by atoms with Crippen LogP contribution >= 0.6 is 11.8 Å². The molecule has 2 aromatic carbocycles. The number of benzene rings is 2. The van der Waals surface area contributed by atoms with Crippen LogP contribution in [0.5, 0.6) is 0 Å². The van der Waals surface area contributed by atoms with Crippen molar-refractivity contribution in [3.63, 3.8) is 0 Å². The summed E-state index contributed by atoms with van der Waals surface area (Å²) in [6, 6.07) is 15.0. The van der Waals surface area contributed by atoms with E-state index in [1.807, 2.05) is 74.9 Å². The van der Waals surface area contributed by atoms with E-state index >= 15 is 0 Å². The Kier molecular flexibility index (Phi) is 8.27. The lowest BCUT2D eigenvalue weighted by Gasteiger charge is -2.21. The Hall–Kier alpha value is -3.13. The van der Waals surface area contributed by atoms with Gasteiger partial charge in [-0.2, -0.15) is 0 Å². The van der Waals surface area contributed by atoms with Crippen molar-refractivity contribution < 1.29 is 9.59 Å². The Labute approximate surface area is 199 Å². The number of thioether (sulfide) groups is 1. The standard InChI is InChI=1S/C25H31N5O2S/c1-6-18-10-12-20(13-11-18)26-21(31)15-33-25-29-28-23(30(25)5)22(16(2)3)27-24(32)19-9-7-8-17(4)14-19/h7-14,16,22H,6,15H2,1-5H3,(H,26,31)(H,27,32)/t22-/m0/s1. The molecule has 0 aliphatic carbocycles. The van der Waals surface area contributed by atoms with Crippen LogP contribution in [-0.2, 0) is 18.3 Å². The van der Waals surface area contributed by atoms with Gasteiger partial charge in [-0.3, -0.25) is 9.59 Å². The highest BCUT2D eigenvalue weighted by atomic mass is 32.2. The lowest BCUT2D eigenvalue weighted by Crippen LogP contribution is -2.33. The fourth-order valence-electron chi connectivity index (χ4n) is 3.41. The summed E-state index contributed by atoms with van der Waals surface area (Å²) in [5, 5.41) is 15.2. The van der Waals surface area contributed by atoms with E-state index in [0.29, 0.717) is 16.5 Å². The van der Waals surface area contributed by atoms with Crippen LogP contribution in [0.2, 0.25) is 0 Å². The highest BCUT2D eigenvalue weighted by Gasteiger charge is 2.25. The van der Waals surface area contributed by atoms with Crippen molar-refractivity contribution in [2.45, 2.75) is 45.3 Å². The van der Waals surface area contributed by atoms with Crippen LogP contribution < -0.4 is 10.6 Å². The van der Waals surface area contributed by atoms with Gasteiger partial charge in [0.1, 0.15) is 0 Å². The summed E-state index contributed by atoms with van der Waals surface area (Å²) in [5.74, 6) is 0.715. The summed E-state index contributed by atoms with van der Waals surface area (Å²) < 4.78 is 1.84. The summed E-state index contributed by atoms with van der Waals surface area (Å²) in [6.45, 7) is 8.11. The van der Waals surface area contributed by atoms with Gasteiger partial charge >= 0.3 is 0 Å². The van der Waals surface area contributed by atoms with Crippen LogP contribution in [0.3, 0.4) is 0 Å². The number of hydrogen-bond donors (Lipinski definition) is 2. The Morgan fingerprint density at radius 2 is 1.82 bits per heavy atom. The van der Waals surface area contributed by atoms with E-state index in [4.69, 9.17) is 0 Å². The highest BCUT2D eigenvalue weighted by molar-refractivity contribution is 7.99. The maximum Gasteiger partial charge on any atom is 0.251 e. The number of rotatable bonds is 9. The number of carbonyl (C=O) groups excluding carboxylic acids is 2. The molecule has 1 atom stereocenters. The van der Waals surface area contributed by atoms with Gasteiger partial charge in [-0.25, -0.2) is 0 Å². The minimum atomic E-state index is -0.309. The van der Waals surface area contributed by atoms with Crippen molar-refractivity contribution in [3.05, 3.63) is 71.0 Å². The van der Waals surface area contributed by atoms with Crippen molar-refractivity contribution in [2.24, 2.45) is 13.0 Å². The van der Waals surface area contributed by atoms with Crippen molar-refractivity contribution in [1.29, 1.82) is 0 Å². The van der Waals surface area contributed by atoms with Crippen LogP contribution in [0.15, 0.2) is 53.7 Å². The Bertz CT molecular complexity index is 1110. The van der Waals surface area contributed by atoms with Crippen LogP contribution in [0.1, 0.15) is 54.1 Å². The molecule has 7 nitrogen and oxygen atoms in total. The van der Waals surface area contributed by atoms with E-state index < -0.39 is 0 Å². The third kappa shape index (κ3) is 6.44. The predicted octanol–water partition coefficient (Wildman–Crippen LogP) is 4.54. The first-order valence-electron chi connectivity index (χ1n) is 11.1. The minimum absolute atomic E-state index is 0.105. The molecule has 2 amide bonds. The quantitative estimate of drug-likeness (QED) is 0.453. The second-order valence-corrected chi connectivity index (χ2v) is 9.29. The maximum atomic E-state index is 12.8. The molecular formula is C25H31N5O2S. The first kappa shape index (κ1) is 24.5. The Morgan fingerprint density at radius 3 is 2.45 bits per heavy atom. The number of amides is 2. The van der Waals surface area contributed by atoms with Crippen molar-refractivity contribution in [3.8, 4) is 0 Å². The number of hydrogen-bond acceptors (Lipinski definition) is 5. The molecule has 3 aromatic rings. The molecule has 2 N–H and O–H groups in total. The summed E-state index contributed by atoms with van der Waals surface area (Å²) in [5.41, 5.74) is 3.64. The van der Waals surface area contributed by atoms with Crippen molar-refractivity contribution >= 4 is 29.3 Å². The summed E-state index contributed by atoms with van der Waals surface area (Å²) in [6.07, 6.45) is 0.960. The molecule has 33 heavy (non-hydrogen) atoms. The van der Waals surface area contributed by atoms with E-state index in [9.17, 15) is 9.59 Å². The number of carbonyl (C=O) groups is 2. The van der Waals surface area contributed by atoms with Gasteiger partial charge in [-0.15, -0.1) is 10.2 Å². The predicted molar refractivity (Wildman–Crippen MR) is 132 cm³/mol. The molecule has 174 valence electrons. The second kappa shape index (κ2) is 11.1. The molecule has 3 rings (SSSR count). The molecule has 0 radical (unpaired) electrons. The fourth-order valence-corrected chi connectivity index (χ4v) is 4.13. The molecular weight excluding hydrogens is 434 g/mol. The second-order valence-electron chi connectivity index (χ2n) is 8.35. The summed E-state index contributed by atoms with van der Waals surface area (Å²) in [7, 11) is 1.85. The molecule has 8 heteroatoms. The molecule has 0 bridgehead atoms. The smallest absolute Gasteiger partial charge is 0.251 e. The average molecular weight is 466 g/mol. The number of aryl methyl sites for hydroxylation is 2. The van der Waals surface area contributed by atoms with Crippen LogP contribution in [0.4, 0.5) is 5.69 Å². The monoisotopic (exact) mass is 465 g/mol. The van der Waals surface area contributed by atoms with Crippen LogP contribution in [-0.4, -0.2) is 32.3 Å². The van der Waals surface area contributed by atoms with Crippen molar-refractivity contribution in [1.82, 2.24) is 20.1 Å². The van der Waals surface area contributed by atoms with Gasteiger partial charge in [0.05, 0.1) is 11.8 Å². The molecule has 0 aliphatic heterocycles. The van der Waals surface area contributed by atoms with E-state index in [0.717, 1.165) is 17.7 Å². The van der Waals surface area contributed by atoms with Gasteiger partial charge in [-0.05, 0) is 49.1 Å². The van der Waals surface area contributed by atoms with Crippen LogP contribution in [0.25, 0.3) is 0 Å². The van der Waals surface area contributed by atoms with E-state index in [1.165, 1.54) is 17.3 Å². The largest absolute Gasteiger partial charge is 0.342 e. The van der Waals surface area contributed by atoms with E-state index in [1.54, 1.807) is 6.07 Å². The lowest BCUT2D eigenvalue weighted by molar-refractivity contribution is -0.113. The molecule has 0 spiro atoms. The molecule has 0 saturated heterocycles. The number of aromatic nitrogens is 3. The lowest BCUT2D eigenvalue weighted by atomic mass is 10.0. The van der Waals surface area contributed by atoms with E-state index in [2.05, 4.69) is 27.8 Å². The molecule has 1 aromatic heterocycles. The van der Waals surface area contributed by atoms with Gasteiger partial charge in [0.2, 0.25) is 5.91 Å². The summed E-state index contributed by atoms with van der Waals surface area (Å²) >= 11 is 1.31. The zero-order valence-electron chi connectivity index (χ0n) is 19.8. The third-order valence-corrected chi connectivity index (χ3v) is 6.38. The van der Waals surface area contributed by atoms with Gasteiger partial charge < -0.3 is 15.2 Å². The van der Waals surface area contributed by atoms with Crippen molar-refractivity contribution in [2.75, 3.05) is 11.1 Å². The van der Waals surface area contributed by atoms with E-state index in [-0.39, 0.29) is 29.5 Å². The van der Waals surface area contributed by atoms with Gasteiger partial charge in [0.25, 0.3) is 5.91 Å². The maximum absolute atomic E-state index is 12.8. The zero-order chi connectivity index (χ0) is 24.0. The normalized spacial score (nSPS) is 11.9. The molecule has 1 heterocycles. The molecule has 0 aliphatic rings. The fraction of sp³-hybridized carbons (Fsp3) is 0.360. The SMILES string of the molecule is CCc1ccc(NC(=O)CSc2nnc([C@@H](NC(=O)c3cccc(C)c3)C(C)C)n2C)cc1. The number of nitrogens with zero attached hydrogens (tertiary/aromatic N) is 3. The topological polar surface area (TPSA) is 88.9 Å². The first-order valence-corrected chi connectivity index (χ1v) is 12.1. The highest BCUT2D eigenvalue weighted by Crippen LogP contribution is 2.24. The Balaban J connectivity index is 1.64. The molecule has 0 fully saturated rings. The van der Waals surface area contributed by atoms with Crippen LogP contribution in [0, 0.1) is 12.8 Å². The summed E-state index contributed by atoms with van der Waals surface area (Å²) in [4.78, 5) is 25.2. The Morgan fingerprint density at radius 1 is 1.09 bits per heavy atom. The van der Waals surface area contributed by atoms with Gasteiger partial charge in [-0.1, -0.05) is 62.4 Å². The molecule has 0 saturated carbocycles. The van der Waals surface area contributed by atoms with Gasteiger partial charge in [0, 0.05) is 18.3 Å².